The van der Waals surface area contributed by atoms with Gasteiger partial charge in [-0.1, -0.05) is 26.8 Å². The van der Waals surface area contributed by atoms with Crippen molar-refractivity contribution in [2.45, 2.75) is 96.7 Å². The Balaban J connectivity index is 0.000000131. The Kier molecular flexibility index (Phi) is 21.4. The third-order valence-electron chi connectivity index (χ3n) is 17.7. The van der Waals surface area contributed by atoms with Crippen molar-refractivity contribution in [3.8, 4) is 68.5 Å². The SMILES string of the molecule is CCc1nn(C2CCOCC2)c2nc(-c3ccnn3-c3ccc(OCCO)cc3)ccc12.CCc1nn(C2CCOCC2)c2nc(-c3ccnn3-c3ccc(OCCOC)cc3)ccc12.CCc1nn(C2CCOCC2)c2nc(-c3ccnn3-c3cccc(OCCO)c3)ccc12. The molecule has 3 aliphatic heterocycles. The number of aliphatic hydroxyl groups excluding tert-OH is 2. The highest BCUT2D eigenvalue weighted by Crippen LogP contribution is 2.35. The zero-order chi connectivity index (χ0) is 66.5. The van der Waals surface area contributed by atoms with Crippen molar-refractivity contribution >= 4 is 33.1 Å². The first-order valence-corrected chi connectivity index (χ1v) is 33.8. The van der Waals surface area contributed by atoms with Gasteiger partial charge in [0.05, 0.1) is 125 Å². The van der Waals surface area contributed by atoms with Gasteiger partial charge in [0.25, 0.3) is 0 Å². The molecule has 2 N–H and O–H groups in total. The molecule has 3 aliphatic rings. The van der Waals surface area contributed by atoms with E-state index in [1.807, 2.05) is 117 Å². The lowest BCUT2D eigenvalue weighted by molar-refractivity contribution is 0.0671. The number of methoxy groups -OCH3 is 1. The monoisotopic (exact) mass is 1310 g/mol. The number of fused-ring (bicyclic) bond motifs is 3. The van der Waals surface area contributed by atoms with Gasteiger partial charge in [0.15, 0.2) is 16.9 Å². The molecule has 9 aromatic heterocycles. The van der Waals surface area contributed by atoms with Gasteiger partial charge in [0.1, 0.15) is 37.1 Å². The van der Waals surface area contributed by atoms with Crippen LogP contribution in [-0.4, -0.2) is 170 Å². The van der Waals surface area contributed by atoms with Crippen molar-refractivity contribution in [1.82, 2.24) is 73.6 Å². The van der Waals surface area contributed by atoms with Crippen molar-refractivity contribution in [3.63, 3.8) is 0 Å². The molecule has 0 radical (unpaired) electrons. The van der Waals surface area contributed by atoms with Gasteiger partial charge in [-0.3, -0.25) is 0 Å². The van der Waals surface area contributed by atoms with Crippen LogP contribution in [0.1, 0.15) is 94.5 Å². The number of benzene rings is 3. The summed E-state index contributed by atoms with van der Waals surface area (Å²) >= 11 is 0. The largest absolute Gasteiger partial charge is 0.491 e. The zero-order valence-corrected chi connectivity index (χ0v) is 55.4. The van der Waals surface area contributed by atoms with Gasteiger partial charge in [-0.15, -0.1) is 0 Å². The Morgan fingerprint density at radius 3 is 1.12 bits per heavy atom. The normalized spacial score (nSPS) is 14.8. The number of nitrogens with zero attached hydrogens (tertiary/aromatic N) is 15. The number of pyridine rings is 3. The minimum absolute atomic E-state index is 0.0105. The van der Waals surface area contributed by atoms with E-state index in [4.69, 9.17) is 73.6 Å². The summed E-state index contributed by atoms with van der Waals surface area (Å²) in [7, 11) is 1.66. The van der Waals surface area contributed by atoms with Crippen LogP contribution in [-0.2, 0) is 38.2 Å². The number of aryl methyl sites for hydroxylation is 3. The molecule has 3 aromatic carbocycles. The molecule has 504 valence electrons. The molecule has 0 spiro atoms. The maximum atomic E-state index is 9.03. The standard InChI is InChI=1S/C25H29N5O3.2C24H27N5O3/c1-3-22-21-8-9-23(27-25(21)30(28-22)19-11-14-32-15-12-19)24-10-13-26-29(24)18-4-6-20(7-5-18)33-17-16-31-2;1-2-21-20-7-8-22(26-24(20)29(27-21)18-10-14-31-15-11-18)23-9-12-25-28(23)17-3-5-19(6-4-17)32-16-13-30;1-2-21-20-6-7-22(26-24(20)29(27-21)17-9-13-31-14-10-17)23-8-11-25-28(23)18-4-3-5-19(16-18)32-15-12-30/h4-10,13,19H,3,11-12,14-17H2,1-2H3;3-9,12,18,30H,2,10-11,13-16H2,1H3;3-8,11,16-17,30H,2,9-10,12-15H2,1H3. The summed E-state index contributed by atoms with van der Waals surface area (Å²) in [5.41, 5.74) is 14.1. The molecule has 3 saturated heterocycles. The van der Waals surface area contributed by atoms with Crippen LogP contribution in [0, 0.1) is 0 Å². The molecule has 0 unspecified atom stereocenters. The Bertz CT molecular complexity index is 4520. The van der Waals surface area contributed by atoms with E-state index in [0.717, 1.165) is 205 Å². The van der Waals surface area contributed by atoms with Crippen LogP contribution in [0.25, 0.3) is 84.3 Å². The molecule has 3 fully saturated rings. The second kappa shape index (κ2) is 31.5. The number of hydrogen-bond donors (Lipinski definition) is 2. The van der Waals surface area contributed by atoms with Crippen LogP contribution in [0.15, 0.2) is 146 Å². The third kappa shape index (κ3) is 14.7. The summed E-state index contributed by atoms with van der Waals surface area (Å²) in [6.07, 6.45) is 13.7. The molecular weight excluding hydrogens is 1230 g/mol. The summed E-state index contributed by atoms with van der Waals surface area (Å²) in [6.45, 7) is 12.6. The second-order valence-electron chi connectivity index (χ2n) is 23.8. The number of ether oxygens (including phenoxy) is 7. The summed E-state index contributed by atoms with van der Waals surface area (Å²) in [5, 5.41) is 49.7. The van der Waals surface area contributed by atoms with E-state index in [-0.39, 0.29) is 26.4 Å². The second-order valence-corrected chi connectivity index (χ2v) is 23.8. The smallest absolute Gasteiger partial charge is 0.159 e. The lowest BCUT2D eigenvalue weighted by atomic mass is 10.1. The maximum Gasteiger partial charge on any atom is 0.159 e. The fourth-order valence-electron chi connectivity index (χ4n) is 12.8. The predicted molar refractivity (Wildman–Crippen MR) is 368 cm³/mol. The number of hydrogen-bond acceptors (Lipinski definition) is 18. The van der Waals surface area contributed by atoms with E-state index in [0.29, 0.717) is 42.8 Å². The van der Waals surface area contributed by atoms with Crippen molar-refractivity contribution < 1.29 is 43.4 Å². The van der Waals surface area contributed by atoms with E-state index in [1.165, 1.54) is 0 Å². The quantitative estimate of drug-likeness (QED) is 0.0598. The summed E-state index contributed by atoms with van der Waals surface area (Å²) in [6, 6.07) is 42.6. The van der Waals surface area contributed by atoms with Gasteiger partial charge in [-0.2, -0.15) is 30.6 Å². The maximum absolute atomic E-state index is 9.03. The van der Waals surface area contributed by atoms with E-state index in [2.05, 4.69) is 74.4 Å². The molecular formula is C73H83N15O9. The highest BCUT2D eigenvalue weighted by molar-refractivity contribution is 5.83. The van der Waals surface area contributed by atoms with Gasteiger partial charge in [0.2, 0.25) is 0 Å². The molecule has 24 heteroatoms. The van der Waals surface area contributed by atoms with Crippen LogP contribution in [0.2, 0.25) is 0 Å². The molecule has 12 heterocycles. The minimum atomic E-state index is -0.0261. The summed E-state index contributed by atoms with van der Waals surface area (Å²) < 4.78 is 50.4. The first-order valence-electron chi connectivity index (χ1n) is 33.8. The van der Waals surface area contributed by atoms with Crippen LogP contribution in [0.5, 0.6) is 17.2 Å². The predicted octanol–water partition coefficient (Wildman–Crippen LogP) is 11.4. The summed E-state index contributed by atoms with van der Waals surface area (Å²) in [4.78, 5) is 15.2. The molecule has 15 rings (SSSR count). The lowest BCUT2D eigenvalue weighted by Gasteiger charge is -2.22. The van der Waals surface area contributed by atoms with Gasteiger partial charge in [-0.05, 0) is 173 Å². The van der Waals surface area contributed by atoms with E-state index in [9.17, 15) is 0 Å². The first-order chi connectivity index (χ1) is 47.8. The Hall–Kier alpha value is -9.69. The van der Waals surface area contributed by atoms with Gasteiger partial charge < -0.3 is 43.4 Å². The summed E-state index contributed by atoms with van der Waals surface area (Å²) in [5.74, 6) is 2.20. The fourth-order valence-corrected chi connectivity index (χ4v) is 12.8. The lowest BCUT2D eigenvalue weighted by Crippen LogP contribution is -2.21. The zero-order valence-electron chi connectivity index (χ0n) is 55.4. The number of aromatic nitrogens is 15. The Labute approximate surface area is 562 Å². The van der Waals surface area contributed by atoms with Gasteiger partial charge in [-0.25, -0.2) is 43.0 Å². The third-order valence-corrected chi connectivity index (χ3v) is 17.7. The molecule has 0 saturated carbocycles. The van der Waals surface area contributed by atoms with Crippen LogP contribution in [0.4, 0.5) is 0 Å². The topological polar surface area (TPSA) is 251 Å². The van der Waals surface area contributed by atoms with Crippen molar-refractivity contribution in [1.29, 1.82) is 0 Å². The Morgan fingerprint density at radius 1 is 0.402 bits per heavy atom. The van der Waals surface area contributed by atoms with E-state index >= 15 is 0 Å². The van der Waals surface area contributed by atoms with Crippen molar-refractivity contribution in [2.75, 3.05) is 86.4 Å². The molecule has 97 heavy (non-hydrogen) atoms. The first kappa shape index (κ1) is 65.9. The van der Waals surface area contributed by atoms with Crippen LogP contribution >= 0.6 is 0 Å². The van der Waals surface area contributed by atoms with Crippen LogP contribution < -0.4 is 14.2 Å². The van der Waals surface area contributed by atoms with Gasteiger partial charge in [0, 0.05) is 69.0 Å². The van der Waals surface area contributed by atoms with Crippen molar-refractivity contribution in [3.05, 3.63) is 163 Å². The molecule has 12 aromatic rings. The fraction of sp³-hybridized carbons (Fsp3) is 0.384. The van der Waals surface area contributed by atoms with E-state index < -0.39 is 0 Å². The highest BCUT2D eigenvalue weighted by Gasteiger charge is 2.26. The van der Waals surface area contributed by atoms with E-state index in [1.54, 1.807) is 25.7 Å². The average Bonchev–Trinajstić information content (AvgIpc) is 1.65. The number of aliphatic hydroxyl groups is 2. The molecule has 0 atom stereocenters. The highest BCUT2D eigenvalue weighted by atomic mass is 16.5. The molecule has 0 aliphatic carbocycles. The molecule has 0 bridgehead atoms. The molecule has 24 nitrogen and oxygen atoms in total. The van der Waals surface area contributed by atoms with Gasteiger partial charge >= 0.3 is 0 Å². The molecule has 0 amide bonds. The van der Waals surface area contributed by atoms with Crippen molar-refractivity contribution in [2.24, 2.45) is 0 Å². The average molecular weight is 1310 g/mol. The minimum Gasteiger partial charge on any atom is -0.491 e. The Morgan fingerprint density at radius 2 is 0.763 bits per heavy atom. The number of rotatable bonds is 22. The van der Waals surface area contributed by atoms with Crippen LogP contribution in [0.3, 0.4) is 0 Å².